The number of nitrogens with one attached hydrogen (secondary N) is 1. The minimum absolute atomic E-state index is 0.316. The molecule has 0 radical (unpaired) electrons. The zero-order valence-corrected chi connectivity index (χ0v) is 10.9. The van der Waals surface area contributed by atoms with Crippen molar-refractivity contribution in [2.45, 2.75) is 46.4 Å². The molecule has 96 valence electrons. The lowest BCUT2D eigenvalue weighted by Gasteiger charge is -2.27. The Kier molecular flexibility index (Phi) is 4.12. The molecule has 1 aromatic rings. The summed E-state index contributed by atoms with van der Waals surface area (Å²) in [4.78, 5) is 0. The molecule has 1 N–H and O–H groups in total. The predicted molar refractivity (Wildman–Crippen MR) is 65.6 cm³/mol. The Morgan fingerprint density at radius 3 is 3.00 bits per heavy atom. The minimum atomic E-state index is 0.316. The van der Waals surface area contributed by atoms with Gasteiger partial charge in [0.2, 0.25) is 0 Å². The number of nitrogens with zero attached hydrogens (tertiary/aromatic N) is 3. The van der Waals surface area contributed by atoms with Gasteiger partial charge in [-0.3, -0.25) is 0 Å². The first kappa shape index (κ1) is 12.5. The summed E-state index contributed by atoms with van der Waals surface area (Å²) < 4.78 is 7.75. The van der Waals surface area contributed by atoms with Crippen molar-refractivity contribution in [1.29, 1.82) is 0 Å². The highest BCUT2D eigenvalue weighted by Crippen LogP contribution is 2.23. The molecule has 1 unspecified atom stereocenters. The fraction of sp³-hybridized carbons (Fsp3) is 0.833. The van der Waals surface area contributed by atoms with Gasteiger partial charge in [-0.15, -0.1) is 10.2 Å². The molecule has 2 rings (SSSR count). The van der Waals surface area contributed by atoms with Gasteiger partial charge in [-0.25, -0.2) is 0 Å². The fourth-order valence-electron chi connectivity index (χ4n) is 2.19. The van der Waals surface area contributed by atoms with E-state index in [1.807, 2.05) is 0 Å². The number of ether oxygens (including phenoxy) is 1. The highest BCUT2D eigenvalue weighted by molar-refractivity contribution is 5.04. The van der Waals surface area contributed by atoms with Crippen molar-refractivity contribution in [2.24, 2.45) is 5.92 Å². The van der Waals surface area contributed by atoms with Crippen LogP contribution in [0.1, 0.15) is 44.9 Å². The Morgan fingerprint density at radius 2 is 2.29 bits per heavy atom. The lowest BCUT2D eigenvalue weighted by Crippen LogP contribution is -2.37. The summed E-state index contributed by atoms with van der Waals surface area (Å²) in [5.74, 6) is 2.55. The molecule has 0 spiro atoms. The van der Waals surface area contributed by atoms with Crippen molar-refractivity contribution in [3.63, 3.8) is 0 Å². The standard InChI is InChI=1S/C12H22N4O/c1-4-7-17-8-10-14-15-12-11(9(2)3)13-5-6-16(10)12/h9,11,13H,4-8H2,1-3H3. The van der Waals surface area contributed by atoms with Crippen LogP contribution < -0.4 is 5.32 Å². The number of hydrogen-bond acceptors (Lipinski definition) is 4. The van der Waals surface area contributed by atoms with Crippen LogP contribution in [0.15, 0.2) is 0 Å². The van der Waals surface area contributed by atoms with Crippen LogP contribution in [0.3, 0.4) is 0 Å². The quantitative estimate of drug-likeness (QED) is 0.790. The Bertz CT molecular complexity index is 361. The average Bonchev–Trinajstić information content (AvgIpc) is 2.72. The van der Waals surface area contributed by atoms with Crippen molar-refractivity contribution in [1.82, 2.24) is 20.1 Å². The van der Waals surface area contributed by atoms with Crippen LogP contribution in [0.4, 0.5) is 0 Å². The van der Waals surface area contributed by atoms with Gasteiger partial charge in [0.15, 0.2) is 11.6 Å². The lowest BCUT2D eigenvalue weighted by molar-refractivity contribution is 0.112. The van der Waals surface area contributed by atoms with E-state index >= 15 is 0 Å². The first-order valence-corrected chi connectivity index (χ1v) is 6.47. The summed E-state index contributed by atoms with van der Waals surface area (Å²) in [6.45, 7) is 9.80. The molecule has 0 aromatic carbocycles. The molecule has 0 saturated carbocycles. The van der Waals surface area contributed by atoms with Crippen LogP contribution >= 0.6 is 0 Å². The first-order valence-electron chi connectivity index (χ1n) is 6.47. The second-order valence-corrected chi connectivity index (χ2v) is 4.85. The van der Waals surface area contributed by atoms with Crippen LogP contribution in [-0.2, 0) is 17.9 Å². The molecule has 0 amide bonds. The SMILES string of the molecule is CCCOCc1nnc2n1CCNC2C(C)C. The molecule has 0 saturated heterocycles. The molecule has 0 bridgehead atoms. The van der Waals surface area contributed by atoms with Crippen molar-refractivity contribution in [3.8, 4) is 0 Å². The number of fused-ring (bicyclic) bond motifs is 1. The largest absolute Gasteiger partial charge is 0.373 e. The van der Waals surface area contributed by atoms with Crippen LogP contribution in [0, 0.1) is 5.92 Å². The Morgan fingerprint density at radius 1 is 1.47 bits per heavy atom. The molecule has 1 aromatic heterocycles. The molecule has 5 heteroatoms. The third-order valence-corrected chi connectivity index (χ3v) is 3.08. The van der Waals surface area contributed by atoms with Crippen LogP contribution in [0.25, 0.3) is 0 Å². The monoisotopic (exact) mass is 238 g/mol. The summed E-state index contributed by atoms with van der Waals surface area (Å²) in [7, 11) is 0. The number of aromatic nitrogens is 3. The lowest BCUT2D eigenvalue weighted by atomic mass is 10.0. The highest BCUT2D eigenvalue weighted by Gasteiger charge is 2.26. The second kappa shape index (κ2) is 5.60. The second-order valence-electron chi connectivity index (χ2n) is 4.85. The zero-order valence-electron chi connectivity index (χ0n) is 10.9. The maximum absolute atomic E-state index is 5.55. The summed E-state index contributed by atoms with van der Waals surface area (Å²) in [5, 5.41) is 12.0. The molecule has 1 aliphatic rings. The van der Waals surface area contributed by atoms with Gasteiger partial charge in [0.1, 0.15) is 6.61 Å². The van der Waals surface area contributed by atoms with E-state index in [4.69, 9.17) is 4.74 Å². The van der Waals surface area contributed by atoms with Crippen molar-refractivity contribution >= 4 is 0 Å². The van der Waals surface area contributed by atoms with Gasteiger partial charge in [-0.05, 0) is 12.3 Å². The molecule has 5 nitrogen and oxygen atoms in total. The van der Waals surface area contributed by atoms with E-state index in [9.17, 15) is 0 Å². The van der Waals surface area contributed by atoms with Crippen molar-refractivity contribution in [3.05, 3.63) is 11.6 Å². The molecule has 0 aliphatic carbocycles. The number of rotatable bonds is 5. The smallest absolute Gasteiger partial charge is 0.159 e. The van der Waals surface area contributed by atoms with E-state index < -0.39 is 0 Å². The van der Waals surface area contributed by atoms with Gasteiger partial charge < -0.3 is 14.6 Å². The van der Waals surface area contributed by atoms with Gasteiger partial charge in [0, 0.05) is 19.7 Å². The van der Waals surface area contributed by atoms with Gasteiger partial charge >= 0.3 is 0 Å². The van der Waals surface area contributed by atoms with E-state index in [2.05, 4.69) is 40.9 Å². The third-order valence-electron chi connectivity index (χ3n) is 3.08. The molecule has 2 heterocycles. The molecule has 0 fully saturated rings. The topological polar surface area (TPSA) is 52.0 Å². The molecule has 1 aliphatic heterocycles. The van der Waals surface area contributed by atoms with Crippen molar-refractivity contribution in [2.75, 3.05) is 13.2 Å². The molecule has 17 heavy (non-hydrogen) atoms. The van der Waals surface area contributed by atoms with Gasteiger partial charge in [-0.1, -0.05) is 20.8 Å². The Balaban J connectivity index is 2.11. The van der Waals surface area contributed by atoms with Gasteiger partial charge in [-0.2, -0.15) is 0 Å². The number of hydrogen-bond donors (Lipinski definition) is 1. The summed E-state index contributed by atoms with van der Waals surface area (Å²) >= 11 is 0. The van der Waals surface area contributed by atoms with E-state index in [-0.39, 0.29) is 0 Å². The highest BCUT2D eigenvalue weighted by atomic mass is 16.5. The zero-order chi connectivity index (χ0) is 12.3. The summed E-state index contributed by atoms with van der Waals surface area (Å²) in [5.41, 5.74) is 0. The minimum Gasteiger partial charge on any atom is -0.373 e. The van der Waals surface area contributed by atoms with Gasteiger partial charge in [0.05, 0.1) is 6.04 Å². The molecular weight excluding hydrogens is 216 g/mol. The third kappa shape index (κ3) is 2.66. The van der Waals surface area contributed by atoms with E-state index in [1.165, 1.54) is 0 Å². The van der Waals surface area contributed by atoms with E-state index in [1.54, 1.807) is 0 Å². The predicted octanol–water partition coefficient (Wildman–Crippen LogP) is 1.50. The average molecular weight is 238 g/mol. The van der Waals surface area contributed by atoms with E-state index in [0.29, 0.717) is 18.6 Å². The maximum atomic E-state index is 5.55. The summed E-state index contributed by atoms with van der Waals surface area (Å²) in [6, 6.07) is 0.316. The Labute approximate surface area is 103 Å². The maximum Gasteiger partial charge on any atom is 0.159 e. The normalized spacial score (nSPS) is 19.6. The van der Waals surface area contributed by atoms with Crippen LogP contribution in [-0.4, -0.2) is 27.9 Å². The summed E-state index contributed by atoms with van der Waals surface area (Å²) in [6.07, 6.45) is 1.04. The Hall–Kier alpha value is -0.940. The van der Waals surface area contributed by atoms with Crippen LogP contribution in [0.2, 0.25) is 0 Å². The van der Waals surface area contributed by atoms with Crippen LogP contribution in [0.5, 0.6) is 0 Å². The fourth-order valence-corrected chi connectivity index (χ4v) is 2.19. The van der Waals surface area contributed by atoms with Gasteiger partial charge in [0.25, 0.3) is 0 Å². The van der Waals surface area contributed by atoms with Crippen molar-refractivity contribution < 1.29 is 4.74 Å². The molecular formula is C12H22N4O. The first-order chi connectivity index (χ1) is 8.24. The molecule has 1 atom stereocenters. The van der Waals surface area contributed by atoms with E-state index in [0.717, 1.165) is 37.8 Å².